The number of benzene rings is 3. The first-order valence-corrected chi connectivity index (χ1v) is 18.5. The van der Waals surface area contributed by atoms with Crippen LogP contribution in [0.25, 0.3) is 0 Å². The maximum absolute atomic E-state index is 14.6. The van der Waals surface area contributed by atoms with Crippen LogP contribution < -0.4 is 20.7 Å². The molecule has 53 heavy (non-hydrogen) atoms. The first kappa shape index (κ1) is 39.8. The highest BCUT2D eigenvalue weighted by Crippen LogP contribution is 2.50. The quantitative estimate of drug-likeness (QED) is 0.0710. The number of aromatic amines is 1. The first-order chi connectivity index (χ1) is 25.5. The first-order valence-electron chi connectivity index (χ1n) is 17.4. The van der Waals surface area contributed by atoms with Crippen molar-refractivity contribution in [3.63, 3.8) is 0 Å². The van der Waals surface area contributed by atoms with Crippen LogP contribution in [0.4, 0.5) is 4.39 Å². The van der Waals surface area contributed by atoms with Crippen molar-refractivity contribution in [1.82, 2.24) is 14.2 Å². The Morgan fingerprint density at radius 3 is 2.04 bits per heavy atom. The van der Waals surface area contributed by atoms with Crippen molar-refractivity contribution in [1.29, 1.82) is 5.26 Å². The summed E-state index contributed by atoms with van der Waals surface area (Å²) in [5.74, 6) is 0.216. The fraction of sp³-hybridized carbons (Fsp3) is 0.410. The van der Waals surface area contributed by atoms with Crippen LogP contribution in [0.5, 0.6) is 11.5 Å². The van der Waals surface area contributed by atoms with Crippen molar-refractivity contribution >= 4 is 8.53 Å². The number of nitrogens with one attached hydrogen (secondary N) is 1. The van der Waals surface area contributed by atoms with Gasteiger partial charge in [-0.3, -0.25) is 14.3 Å². The molecule has 4 atom stereocenters. The number of nitrogens with zero attached hydrogens (tertiary/aromatic N) is 3. The standard InChI is InChI=1S/C39H46FN4O8P/c1-26(2)44(27(3)4)53(50-22-10-21-41)52-34-23-36(43-24-33(40)37(45)42-38(43)46)51-35(34)25-49-39(28-11-8-7-9-12-28,29-13-17-31(47-5)18-14-29)30-15-19-32(48-6)20-16-30/h7-9,11-20,24,26-27,34-36H,10,22-23,25H2,1-6H3,(H,42,45,46)/t34?,35-,36-,53?/m1/s1. The second kappa shape index (κ2) is 18.1. The highest BCUT2D eigenvalue weighted by Gasteiger charge is 2.45. The summed E-state index contributed by atoms with van der Waals surface area (Å²) in [6.07, 6.45) is -1.44. The zero-order chi connectivity index (χ0) is 38.1. The van der Waals surface area contributed by atoms with E-state index in [9.17, 15) is 19.2 Å². The van der Waals surface area contributed by atoms with Crippen LogP contribution >= 0.6 is 8.53 Å². The molecule has 1 N–H and O–H groups in total. The number of hydrogen-bond acceptors (Lipinski definition) is 10. The molecule has 14 heteroatoms. The molecule has 1 fully saturated rings. The maximum Gasteiger partial charge on any atom is 0.330 e. The molecule has 3 aromatic carbocycles. The smallest absolute Gasteiger partial charge is 0.330 e. The van der Waals surface area contributed by atoms with Crippen molar-refractivity contribution in [2.75, 3.05) is 27.4 Å². The molecule has 1 aliphatic heterocycles. The Balaban J connectivity index is 1.60. The van der Waals surface area contributed by atoms with Crippen LogP contribution in [-0.4, -0.2) is 65.9 Å². The van der Waals surface area contributed by atoms with Crippen LogP contribution in [0.3, 0.4) is 0 Å². The Kier molecular flexibility index (Phi) is 13.6. The molecule has 1 saturated heterocycles. The van der Waals surface area contributed by atoms with Crippen molar-refractivity contribution in [3.8, 4) is 17.6 Å². The number of methoxy groups -OCH3 is 2. The summed E-state index contributed by atoms with van der Waals surface area (Å²) < 4.78 is 55.3. The Hall–Kier alpha value is -4.41. The fourth-order valence-corrected chi connectivity index (χ4v) is 8.26. The lowest BCUT2D eigenvalue weighted by Gasteiger charge is -2.39. The lowest BCUT2D eigenvalue weighted by atomic mass is 9.80. The van der Waals surface area contributed by atoms with Gasteiger partial charge in [0.1, 0.15) is 29.4 Å². The topological polar surface area (TPSA) is 137 Å². The van der Waals surface area contributed by atoms with Crippen LogP contribution in [-0.2, 0) is 24.1 Å². The molecule has 0 saturated carbocycles. The van der Waals surface area contributed by atoms with Crippen LogP contribution in [0.1, 0.15) is 63.5 Å². The number of H-pyrrole nitrogens is 1. The lowest BCUT2D eigenvalue weighted by Crippen LogP contribution is -2.39. The SMILES string of the molecule is COc1ccc(C(OC[C@H]2O[C@@H](n3cc(F)c(=O)[nH]c3=O)CC2OP(OCCC#N)N(C(C)C)C(C)C)(c2ccccc2)c2ccc(OC)cc2)cc1. The molecule has 4 aromatic rings. The van der Waals surface area contributed by atoms with Crippen molar-refractivity contribution < 1.29 is 32.4 Å². The molecule has 0 radical (unpaired) electrons. The van der Waals surface area contributed by atoms with E-state index in [1.165, 1.54) is 0 Å². The van der Waals surface area contributed by atoms with E-state index in [0.29, 0.717) is 11.5 Å². The molecule has 0 spiro atoms. The summed E-state index contributed by atoms with van der Waals surface area (Å²) >= 11 is 0. The van der Waals surface area contributed by atoms with E-state index in [4.69, 9.17) is 28.0 Å². The third-order valence-corrected chi connectivity index (χ3v) is 11.1. The molecular weight excluding hydrogens is 702 g/mol. The number of nitriles is 1. The molecule has 12 nitrogen and oxygen atoms in total. The van der Waals surface area contributed by atoms with Crippen LogP contribution in [0.2, 0.25) is 0 Å². The molecule has 0 bridgehead atoms. The summed E-state index contributed by atoms with van der Waals surface area (Å²) in [5.41, 5.74) is -0.711. The number of aromatic nitrogens is 2. The van der Waals surface area contributed by atoms with Crippen molar-refractivity contribution in [2.24, 2.45) is 0 Å². The lowest BCUT2D eigenvalue weighted by molar-refractivity contribution is -0.0927. The van der Waals surface area contributed by atoms with Gasteiger partial charge in [0.2, 0.25) is 5.82 Å². The highest BCUT2D eigenvalue weighted by molar-refractivity contribution is 7.44. The van der Waals surface area contributed by atoms with Gasteiger partial charge in [0.05, 0.1) is 52.2 Å². The minimum atomic E-state index is -1.74. The monoisotopic (exact) mass is 748 g/mol. The number of halogens is 1. The fourth-order valence-electron chi connectivity index (χ4n) is 6.50. The Labute approximate surface area is 310 Å². The largest absolute Gasteiger partial charge is 0.497 e. The molecule has 5 rings (SSSR count). The van der Waals surface area contributed by atoms with Gasteiger partial charge >= 0.3 is 5.69 Å². The van der Waals surface area contributed by atoms with Crippen molar-refractivity contribution in [3.05, 3.63) is 128 Å². The van der Waals surface area contributed by atoms with E-state index in [0.717, 1.165) is 27.5 Å². The van der Waals surface area contributed by atoms with E-state index in [1.54, 1.807) is 14.2 Å². The number of rotatable bonds is 17. The van der Waals surface area contributed by atoms with Gasteiger partial charge in [-0.2, -0.15) is 9.65 Å². The van der Waals surface area contributed by atoms with Gasteiger partial charge in [-0.15, -0.1) is 0 Å². The van der Waals surface area contributed by atoms with Crippen LogP contribution in [0, 0.1) is 17.1 Å². The minimum absolute atomic E-state index is 0.0165. The van der Waals surface area contributed by atoms with Crippen molar-refractivity contribution in [2.45, 2.75) is 76.7 Å². The Morgan fingerprint density at radius 2 is 1.51 bits per heavy atom. The van der Waals surface area contributed by atoms with E-state index in [2.05, 4.69) is 10.7 Å². The van der Waals surface area contributed by atoms with E-state index >= 15 is 0 Å². The zero-order valence-electron chi connectivity index (χ0n) is 30.7. The molecular formula is C39H46FN4O8P. The second-order valence-electron chi connectivity index (χ2n) is 13.0. The van der Waals surface area contributed by atoms with Gasteiger partial charge in [0.15, 0.2) is 0 Å². The predicted molar refractivity (Wildman–Crippen MR) is 198 cm³/mol. The normalized spacial score (nSPS) is 18.0. The predicted octanol–water partition coefficient (Wildman–Crippen LogP) is 6.65. The summed E-state index contributed by atoms with van der Waals surface area (Å²) in [6.45, 7) is 8.21. The molecule has 1 aliphatic rings. The average Bonchev–Trinajstić information content (AvgIpc) is 3.56. The average molecular weight is 749 g/mol. The van der Waals surface area contributed by atoms with Crippen LogP contribution in [0.15, 0.2) is 94.6 Å². The second-order valence-corrected chi connectivity index (χ2v) is 14.4. The molecule has 282 valence electrons. The molecule has 2 heterocycles. The zero-order valence-corrected chi connectivity index (χ0v) is 31.6. The highest BCUT2D eigenvalue weighted by atomic mass is 31.2. The third kappa shape index (κ3) is 9.04. The number of ether oxygens (including phenoxy) is 4. The van der Waals surface area contributed by atoms with Gasteiger partial charge < -0.3 is 28.0 Å². The summed E-state index contributed by atoms with van der Waals surface area (Å²) in [6, 6.07) is 27.1. The van der Waals surface area contributed by atoms with E-state index in [1.807, 2.05) is 112 Å². The van der Waals surface area contributed by atoms with E-state index < -0.39 is 49.6 Å². The third-order valence-electron chi connectivity index (χ3n) is 8.94. The van der Waals surface area contributed by atoms with Gasteiger partial charge in [0, 0.05) is 18.5 Å². The summed E-state index contributed by atoms with van der Waals surface area (Å²) in [5, 5.41) is 9.26. The molecule has 0 aliphatic carbocycles. The van der Waals surface area contributed by atoms with Gasteiger partial charge in [-0.05, 0) is 68.7 Å². The summed E-state index contributed by atoms with van der Waals surface area (Å²) in [7, 11) is 1.46. The van der Waals surface area contributed by atoms with Gasteiger partial charge in [0.25, 0.3) is 14.1 Å². The Morgan fingerprint density at radius 1 is 0.943 bits per heavy atom. The molecule has 0 amide bonds. The Bertz CT molecular complexity index is 1880. The van der Waals surface area contributed by atoms with E-state index in [-0.39, 0.29) is 38.1 Å². The number of hydrogen-bond donors (Lipinski definition) is 1. The maximum atomic E-state index is 14.6. The molecule has 2 unspecified atom stereocenters. The van der Waals surface area contributed by atoms with Gasteiger partial charge in [-0.1, -0.05) is 54.6 Å². The minimum Gasteiger partial charge on any atom is -0.497 e. The van der Waals surface area contributed by atoms with Gasteiger partial charge in [-0.25, -0.2) is 9.46 Å². The summed E-state index contributed by atoms with van der Waals surface area (Å²) in [4.78, 5) is 26.9. The molecule has 1 aromatic heterocycles.